The predicted molar refractivity (Wildman–Crippen MR) is 99.0 cm³/mol. The first-order valence-corrected chi connectivity index (χ1v) is 8.20. The number of aryl methyl sites for hydroxylation is 1. The fourth-order valence-corrected chi connectivity index (χ4v) is 3.04. The van der Waals surface area contributed by atoms with Crippen molar-refractivity contribution in [3.63, 3.8) is 0 Å². The van der Waals surface area contributed by atoms with Crippen molar-refractivity contribution in [1.82, 2.24) is 4.98 Å². The topological polar surface area (TPSA) is 37.3 Å². The molecule has 3 heteroatoms. The van der Waals surface area contributed by atoms with Crippen LogP contribution in [0.2, 0.25) is 0 Å². The number of para-hydroxylation sites is 2. The third kappa shape index (κ3) is 2.93. The number of fused-ring (bicyclic) bond motifs is 1. The molecule has 2 aromatic carbocycles. The van der Waals surface area contributed by atoms with E-state index >= 15 is 0 Å². The van der Waals surface area contributed by atoms with E-state index in [1.165, 1.54) is 16.7 Å². The summed E-state index contributed by atoms with van der Waals surface area (Å²) in [7, 11) is 0. The number of nitrogens with one attached hydrogen (secondary N) is 1. The fourth-order valence-electron chi connectivity index (χ4n) is 3.04. The van der Waals surface area contributed by atoms with Crippen LogP contribution in [0.5, 0.6) is 0 Å². The van der Waals surface area contributed by atoms with E-state index in [0.29, 0.717) is 0 Å². The second kappa shape index (κ2) is 6.28. The average Bonchev–Trinajstić information content (AvgIpc) is 2.83. The van der Waals surface area contributed by atoms with Gasteiger partial charge in [0.15, 0.2) is 0 Å². The van der Waals surface area contributed by atoms with Gasteiger partial charge < -0.3 is 5.32 Å². The van der Waals surface area contributed by atoms with E-state index in [1.54, 1.807) is 0 Å². The minimum atomic E-state index is 0.178. The van der Waals surface area contributed by atoms with Crippen LogP contribution < -0.4 is 5.32 Å². The molecule has 1 unspecified atom stereocenters. The Bertz CT molecular complexity index is 867. The largest absolute Gasteiger partial charge is 0.376 e. The van der Waals surface area contributed by atoms with E-state index in [9.17, 15) is 0 Å². The molecule has 0 bridgehead atoms. The third-order valence-corrected chi connectivity index (χ3v) is 4.38. The van der Waals surface area contributed by atoms with Gasteiger partial charge in [-0.15, -0.1) is 0 Å². The van der Waals surface area contributed by atoms with Crippen molar-refractivity contribution in [3.8, 4) is 0 Å². The first-order chi connectivity index (χ1) is 11.8. The summed E-state index contributed by atoms with van der Waals surface area (Å²) in [4.78, 5) is 9.09. The smallest absolute Gasteiger partial charge is 0.0864 e. The van der Waals surface area contributed by atoms with Gasteiger partial charge in [-0.05, 0) is 42.3 Å². The normalized spacial score (nSPS) is 16.5. The molecule has 3 nitrogen and oxygen atoms in total. The molecule has 1 N–H and O–H groups in total. The predicted octanol–water partition coefficient (Wildman–Crippen LogP) is 5.07. The lowest BCUT2D eigenvalue weighted by Gasteiger charge is -2.19. The summed E-state index contributed by atoms with van der Waals surface area (Å²) < 4.78 is 0. The molecule has 0 radical (unpaired) electrons. The van der Waals surface area contributed by atoms with E-state index in [4.69, 9.17) is 4.99 Å². The summed E-state index contributed by atoms with van der Waals surface area (Å²) in [5.74, 6) is 0. The number of pyridine rings is 1. The number of rotatable bonds is 2. The van der Waals surface area contributed by atoms with Gasteiger partial charge >= 0.3 is 0 Å². The fraction of sp³-hybridized carbons (Fsp3) is 0.143. The Morgan fingerprint density at radius 3 is 2.46 bits per heavy atom. The van der Waals surface area contributed by atoms with Crippen molar-refractivity contribution < 1.29 is 0 Å². The maximum Gasteiger partial charge on any atom is 0.0864 e. The van der Waals surface area contributed by atoms with Gasteiger partial charge in [0.25, 0.3) is 0 Å². The molecule has 118 valence electrons. The molecule has 2 heterocycles. The Balaban J connectivity index is 1.80. The number of anilines is 1. The summed E-state index contributed by atoms with van der Waals surface area (Å²) in [6.45, 7) is 2.11. The number of aromatic nitrogens is 1. The monoisotopic (exact) mass is 313 g/mol. The van der Waals surface area contributed by atoms with Gasteiger partial charge in [0.2, 0.25) is 0 Å². The van der Waals surface area contributed by atoms with Crippen LogP contribution in [0.4, 0.5) is 11.4 Å². The lowest BCUT2D eigenvalue weighted by Crippen LogP contribution is -2.14. The highest BCUT2D eigenvalue weighted by Gasteiger charge is 2.20. The van der Waals surface area contributed by atoms with Crippen LogP contribution in [0.3, 0.4) is 0 Å². The van der Waals surface area contributed by atoms with E-state index in [1.807, 2.05) is 24.5 Å². The van der Waals surface area contributed by atoms with Crippen LogP contribution in [0.15, 0.2) is 78.0 Å². The molecule has 3 aromatic rings. The number of aliphatic imine (C=N–C) groups is 1. The summed E-state index contributed by atoms with van der Waals surface area (Å²) in [6.07, 6.45) is 4.52. The number of hydrogen-bond acceptors (Lipinski definition) is 3. The highest BCUT2D eigenvalue weighted by Crippen LogP contribution is 2.35. The summed E-state index contributed by atoms with van der Waals surface area (Å²) in [6, 6.07) is 21.1. The molecule has 0 aliphatic carbocycles. The van der Waals surface area contributed by atoms with Crippen LogP contribution in [0.1, 0.15) is 29.2 Å². The summed E-state index contributed by atoms with van der Waals surface area (Å²) >= 11 is 0. The SMILES string of the molecule is Cc1ccc(C2=Nc3ccccc3NC(c3ccncc3)C2)cc1. The molecular weight excluding hydrogens is 294 g/mol. The molecular formula is C21H19N3. The second-order valence-electron chi connectivity index (χ2n) is 6.12. The standard InChI is InChI=1S/C21H19N3/c1-15-6-8-16(9-7-15)20-14-21(17-10-12-22-13-11-17)24-19-5-3-2-4-18(19)23-20/h2-13,21,24H,14H2,1H3. The van der Waals surface area contributed by atoms with Gasteiger partial charge in [0, 0.05) is 18.8 Å². The van der Waals surface area contributed by atoms with Crippen molar-refractivity contribution >= 4 is 17.1 Å². The first kappa shape index (κ1) is 14.6. The lowest BCUT2D eigenvalue weighted by atomic mass is 9.97. The van der Waals surface area contributed by atoms with Gasteiger partial charge in [-0.25, -0.2) is 0 Å². The van der Waals surface area contributed by atoms with Crippen molar-refractivity contribution in [3.05, 3.63) is 89.7 Å². The molecule has 1 atom stereocenters. The number of benzene rings is 2. The maximum atomic E-state index is 4.95. The molecule has 24 heavy (non-hydrogen) atoms. The van der Waals surface area contributed by atoms with Gasteiger partial charge in [-0.1, -0.05) is 42.0 Å². The zero-order valence-electron chi connectivity index (χ0n) is 13.6. The zero-order valence-corrected chi connectivity index (χ0v) is 13.6. The highest BCUT2D eigenvalue weighted by atomic mass is 15.0. The van der Waals surface area contributed by atoms with Crippen LogP contribution >= 0.6 is 0 Å². The van der Waals surface area contributed by atoms with E-state index in [0.717, 1.165) is 23.5 Å². The van der Waals surface area contributed by atoms with Crippen molar-refractivity contribution in [2.45, 2.75) is 19.4 Å². The lowest BCUT2D eigenvalue weighted by molar-refractivity contribution is 0.826. The zero-order chi connectivity index (χ0) is 16.4. The van der Waals surface area contributed by atoms with Crippen LogP contribution in [-0.4, -0.2) is 10.7 Å². The Hall–Kier alpha value is -2.94. The van der Waals surface area contributed by atoms with Crippen molar-refractivity contribution in [2.75, 3.05) is 5.32 Å². The minimum Gasteiger partial charge on any atom is -0.376 e. The molecule has 0 spiro atoms. The third-order valence-electron chi connectivity index (χ3n) is 4.38. The summed E-state index contributed by atoms with van der Waals surface area (Å²) in [5.41, 5.74) is 6.83. The van der Waals surface area contributed by atoms with Crippen molar-refractivity contribution in [1.29, 1.82) is 0 Å². The molecule has 0 saturated heterocycles. The Labute approximate surface area is 142 Å². The van der Waals surface area contributed by atoms with Gasteiger partial charge in [0.1, 0.15) is 0 Å². The number of hydrogen-bond donors (Lipinski definition) is 1. The van der Waals surface area contributed by atoms with Crippen LogP contribution in [0, 0.1) is 6.92 Å². The molecule has 1 aliphatic rings. The first-order valence-electron chi connectivity index (χ1n) is 8.20. The Kier molecular flexibility index (Phi) is 3.83. The maximum absolute atomic E-state index is 4.95. The van der Waals surface area contributed by atoms with Gasteiger partial charge in [-0.2, -0.15) is 0 Å². The second-order valence-corrected chi connectivity index (χ2v) is 6.12. The van der Waals surface area contributed by atoms with E-state index in [-0.39, 0.29) is 6.04 Å². The number of nitrogens with zero attached hydrogens (tertiary/aromatic N) is 2. The molecule has 0 fully saturated rings. The molecule has 4 rings (SSSR count). The molecule has 1 aliphatic heterocycles. The minimum absolute atomic E-state index is 0.178. The van der Waals surface area contributed by atoms with Crippen molar-refractivity contribution in [2.24, 2.45) is 4.99 Å². The van der Waals surface area contributed by atoms with Gasteiger partial charge in [-0.3, -0.25) is 9.98 Å². The molecule has 1 aromatic heterocycles. The van der Waals surface area contributed by atoms with Crippen LogP contribution in [0.25, 0.3) is 0 Å². The molecule has 0 saturated carbocycles. The summed E-state index contributed by atoms with van der Waals surface area (Å²) in [5, 5.41) is 3.64. The highest BCUT2D eigenvalue weighted by molar-refractivity contribution is 6.04. The Morgan fingerprint density at radius 1 is 0.917 bits per heavy atom. The quantitative estimate of drug-likeness (QED) is 0.717. The Morgan fingerprint density at radius 2 is 1.67 bits per heavy atom. The average molecular weight is 313 g/mol. The van der Waals surface area contributed by atoms with Gasteiger partial charge in [0.05, 0.1) is 23.1 Å². The van der Waals surface area contributed by atoms with E-state index < -0.39 is 0 Å². The van der Waals surface area contributed by atoms with Crippen LogP contribution in [-0.2, 0) is 0 Å². The van der Waals surface area contributed by atoms with E-state index in [2.05, 4.69) is 65.8 Å². The molecule has 0 amide bonds.